The minimum atomic E-state index is -4.38. The predicted octanol–water partition coefficient (Wildman–Crippen LogP) is 13.1. The number of likely N-dealkylation sites (N-methyl/N-ethyl adjacent to an activating group) is 1. The molecule has 0 fully saturated rings. The maximum Gasteiger partial charge on any atom is 0.472 e. The van der Waals surface area contributed by atoms with Crippen molar-refractivity contribution in [2.45, 2.75) is 193 Å². The Morgan fingerprint density at radius 2 is 0.947 bits per heavy atom. The molecule has 0 saturated carbocycles. The first-order valence-electron chi connectivity index (χ1n) is 22.9. The highest BCUT2D eigenvalue weighted by atomic mass is 31.2. The molecule has 0 amide bonds. The Bertz CT molecular complexity index is 1110. The lowest BCUT2D eigenvalue weighted by Crippen LogP contribution is -2.37. The third kappa shape index (κ3) is 43.4. The average Bonchev–Trinajstić information content (AvgIpc) is 3.16. The maximum atomic E-state index is 12.7. The van der Waals surface area contributed by atoms with Crippen LogP contribution in [-0.2, 0) is 32.7 Å². The zero-order valence-electron chi connectivity index (χ0n) is 37.3. The van der Waals surface area contributed by atoms with E-state index in [2.05, 4.69) is 62.5 Å². The Balaban J connectivity index is 4.38. The van der Waals surface area contributed by atoms with Crippen molar-refractivity contribution in [3.05, 3.63) is 48.6 Å². The highest BCUT2D eigenvalue weighted by Gasteiger charge is 2.27. The quantitative estimate of drug-likeness (QED) is 0.0213. The zero-order valence-corrected chi connectivity index (χ0v) is 38.2. The van der Waals surface area contributed by atoms with E-state index in [9.17, 15) is 19.0 Å². The molecule has 1 N–H and O–H groups in total. The summed E-state index contributed by atoms with van der Waals surface area (Å²) in [5, 5.41) is 0. The molecule has 2 atom stereocenters. The van der Waals surface area contributed by atoms with E-state index in [4.69, 9.17) is 18.5 Å². The highest BCUT2D eigenvalue weighted by Crippen LogP contribution is 2.43. The highest BCUT2D eigenvalue weighted by molar-refractivity contribution is 7.47. The molecule has 2 unspecified atom stereocenters. The molecule has 0 radical (unpaired) electrons. The number of allylic oxidation sites excluding steroid dienone is 8. The molecule has 0 aliphatic heterocycles. The van der Waals surface area contributed by atoms with Gasteiger partial charge in [0.05, 0.1) is 27.7 Å². The number of nitrogens with zero attached hydrogens (tertiary/aromatic N) is 1. The van der Waals surface area contributed by atoms with Crippen LogP contribution in [0.5, 0.6) is 0 Å². The summed E-state index contributed by atoms with van der Waals surface area (Å²) in [6.07, 6.45) is 45.8. The number of rotatable bonds is 41. The van der Waals surface area contributed by atoms with Crippen molar-refractivity contribution >= 4 is 19.8 Å². The maximum absolute atomic E-state index is 12.7. The summed E-state index contributed by atoms with van der Waals surface area (Å²) in [4.78, 5) is 35.4. The first-order chi connectivity index (χ1) is 27.5. The lowest BCUT2D eigenvalue weighted by Gasteiger charge is -2.24. The van der Waals surface area contributed by atoms with Crippen molar-refractivity contribution in [1.82, 2.24) is 0 Å². The molecule has 0 aromatic carbocycles. The van der Waals surface area contributed by atoms with Crippen molar-refractivity contribution in [1.29, 1.82) is 0 Å². The van der Waals surface area contributed by atoms with Crippen molar-refractivity contribution in [2.24, 2.45) is 0 Å². The van der Waals surface area contributed by atoms with Crippen LogP contribution in [0.3, 0.4) is 0 Å². The molecule has 332 valence electrons. The summed E-state index contributed by atoms with van der Waals surface area (Å²) in [6, 6.07) is 0. The molecule has 57 heavy (non-hydrogen) atoms. The van der Waals surface area contributed by atoms with Crippen LogP contribution in [0.2, 0.25) is 0 Å². The van der Waals surface area contributed by atoms with E-state index in [1.807, 2.05) is 21.1 Å². The van der Waals surface area contributed by atoms with Gasteiger partial charge in [0, 0.05) is 12.8 Å². The summed E-state index contributed by atoms with van der Waals surface area (Å²) in [5.74, 6) is -0.824. The van der Waals surface area contributed by atoms with Crippen LogP contribution in [0, 0.1) is 0 Å². The molecule has 0 aromatic rings. The molecular formula is C47H87NO8P+. The first kappa shape index (κ1) is 55.0. The van der Waals surface area contributed by atoms with Gasteiger partial charge in [-0.25, -0.2) is 4.57 Å². The Hall–Kier alpha value is -2.03. The van der Waals surface area contributed by atoms with Gasteiger partial charge < -0.3 is 18.9 Å². The van der Waals surface area contributed by atoms with Gasteiger partial charge in [-0.2, -0.15) is 0 Å². The Morgan fingerprint density at radius 1 is 0.544 bits per heavy atom. The van der Waals surface area contributed by atoms with Crippen molar-refractivity contribution in [3.8, 4) is 0 Å². The summed E-state index contributed by atoms with van der Waals surface area (Å²) in [6.45, 7) is 4.35. The van der Waals surface area contributed by atoms with Gasteiger partial charge in [0.25, 0.3) is 0 Å². The first-order valence-corrected chi connectivity index (χ1v) is 24.4. The van der Waals surface area contributed by atoms with Gasteiger partial charge in [-0.05, 0) is 77.0 Å². The Morgan fingerprint density at radius 3 is 1.42 bits per heavy atom. The van der Waals surface area contributed by atoms with Gasteiger partial charge in [0.2, 0.25) is 0 Å². The second-order valence-corrected chi connectivity index (χ2v) is 17.9. The fourth-order valence-electron chi connectivity index (χ4n) is 5.96. The molecule has 0 spiro atoms. The number of ether oxygens (including phenoxy) is 2. The smallest absolute Gasteiger partial charge is 0.462 e. The van der Waals surface area contributed by atoms with E-state index in [1.165, 1.54) is 77.0 Å². The van der Waals surface area contributed by atoms with Crippen LogP contribution in [-0.4, -0.2) is 74.9 Å². The number of carbonyl (C=O) groups is 2. The molecule has 0 rings (SSSR count). The van der Waals surface area contributed by atoms with Gasteiger partial charge in [0.15, 0.2) is 6.10 Å². The molecular weight excluding hydrogens is 737 g/mol. The van der Waals surface area contributed by atoms with Gasteiger partial charge >= 0.3 is 19.8 Å². The van der Waals surface area contributed by atoms with Gasteiger partial charge in [-0.15, -0.1) is 0 Å². The summed E-state index contributed by atoms with van der Waals surface area (Å²) in [7, 11) is 1.46. The Kier molecular flexibility index (Phi) is 38.0. The molecule has 0 heterocycles. The topological polar surface area (TPSA) is 108 Å². The molecule has 0 aromatic heterocycles. The van der Waals surface area contributed by atoms with Crippen LogP contribution >= 0.6 is 7.82 Å². The molecule has 0 bridgehead atoms. The third-order valence-corrected chi connectivity index (χ3v) is 10.6. The summed E-state index contributed by atoms with van der Waals surface area (Å²) >= 11 is 0. The second-order valence-electron chi connectivity index (χ2n) is 16.4. The average molecular weight is 825 g/mol. The van der Waals surface area contributed by atoms with Crippen molar-refractivity contribution in [2.75, 3.05) is 47.5 Å². The van der Waals surface area contributed by atoms with E-state index in [0.29, 0.717) is 17.4 Å². The van der Waals surface area contributed by atoms with Crippen LogP contribution in [0.4, 0.5) is 0 Å². The fraction of sp³-hybridized carbons (Fsp3) is 0.787. The number of hydrogen-bond acceptors (Lipinski definition) is 7. The number of unbranched alkanes of at least 4 members (excludes halogenated alkanes) is 19. The molecule has 0 aliphatic rings. The molecule has 10 heteroatoms. The van der Waals surface area contributed by atoms with Gasteiger partial charge in [-0.1, -0.05) is 146 Å². The number of quaternary nitrogens is 1. The number of esters is 2. The van der Waals surface area contributed by atoms with Crippen molar-refractivity contribution < 1.29 is 42.1 Å². The predicted molar refractivity (Wildman–Crippen MR) is 238 cm³/mol. The standard InChI is InChI=1S/C47H86NO8P/c1-6-8-10-12-14-16-18-20-22-24-26-28-30-32-34-36-38-40-47(50)56-45(44-55-57(51,52)54-42-41-48(3,4)5)43-53-46(49)39-37-35-33-31-29-27-25-23-21-19-17-15-13-11-9-7-2/h14,16-17,19-20,22-23,25,45H,6-13,15,18,21,24,26-44H2,1-5H3/p+1/b16-14-,19-17-,22-20-,25-23-. The monoisotopic (exact) mass is 825 g/mol. The second kappa shape index (κ2) is 39.4. The van der Waals surface area contributed by atoms with Gasteiger partial charge in [0.1, 0.15) is 19.8 Å². The number of phosphoric acid groups is 1. The van der Waals surface area contributed by atoms with E-state index < -0.39 is 26.5 Å². The number of carbonyl (C=O) groups excluding carboxylic acids is 2. The van der Waals surface area contributed by atoms with E-state index >= 15 is 0 Å². The number of phosphoric ester groups is 1. The van der Waals surface area contributed by atoms with Crippen LogP contribution < -0.4 is 0 Å². The third-order valence-electron chi connectivity index (χ3n) is 9.58. The summed E-state index contributed by atoms with van der Waals surface area (Å²) < 4.78 is 34.3. The lowest BCUT2D eigenvalue weighted by atomic mass is 10.1. The van der Waals surface area contributed by atoms with Gasteiger partial charge in [-0.3, -0.25) is 18.6 Å². The lowest BCUT2D eigenvalue weighted by molar-refractivity contribution is -0.870. The normalized spacial score (nSPS) is 14.0. The number of hydrogen-bond donors (Lipinski definition) is 1. The summed E-state index contributed by atoms with van der Waals surface area (Å²) in [5.41, 5.74) is 0. The molecule has 9 nitrogen and oxygen atoms in total. The fourth-order valence-corrected chi connectivity index (χ4v) is 6.70. The largest absolute Gasteiger partial charge is 0.472 e. The SMILES string of the molecule is CCCCC/C=C\C/C=C\CCCCCCCCCC(=O)OC(COC(=O)CCCCCCC/C=C\C/C=C\CCCCCC)COP(=O)(O)OCC[N+](C)(C)C. The van der Waals surface area contributed by atoms with E-state index in [-0.39, 0.29) is 32.0 Å². The van der Waals surface area contributed by atoms with Crippen molar-refractivity contribution in [3.63, 3.8) is 0 Å². The van der Waals surface area contributed by atoms with Crippen LogP contribution in [0.25, 0.3) is 0 Å². The van der Waals surface area contributed by atoms with E-state index in [1.54, 1.807) is 0 Å². The van der Waals surface area contributed by atoms with E-state index in [0.717, 1.165) is 77.0 Å². The minimum Gasteiger partial charge on any atom is -0.462 e. The Labute approximate surface area is 350 Å². The zero-order chi connectivity index (χ0) is 42.1. The molecule has 0 aliphatic carbocycles. The molecule has 0 saturated heterocycles. The van der Waals surface area contributed by atoms with Crippen LogP contribution in [0.1, 0.15) is 187 Å². The minimum absolute atomic E-state index is 0.0263. The van der Waals surface area contributed by atoms with Crippen LogP contribution in [0.15, 0.2) is 48.6 Å².